The summed E-state index contributed by atoms with van der Waals surface area (Å²) in [7, 11) is 0. The van der Waals surface area contributed by atoms with Crippen LogP contribution in [0, 0.1) is 12.5 Å². The number of aliphatic hydroxyl groups is 1. The summed E-state index contributed by atoms with van der Waals surface area (Å²) < 4.78 is 1.23. The van der Waals surface area contributed by atoms with E-state index in [0.29, 0.717) is 11.4 Å². The van der Waals surface area contributed by atoms with E-state index in [1.54, 1.807) is 22.2 Å². The molecule has 7 nitrogen and oxygen atoms in total. The Kier molecular flexibility index (Phi) is 8.03. The van der Waals surface area contributed by atoms with E-state index >= 15 is 0 Å². The van der Waals surface area contributed by atoms with Crippen LogP contribution in [0.2, 0.25) is 0 Å². The van der Waals surface area contributed by atoms with Crippen molar-refractivity contribution in [3.8, 4) is 12.5 Å². The quantitative estimate of drug-likeness (QED) is 0.185. The van der Waals surface area contributed by atoms with Gasteiger partial charge in [-0.05, 0) is 67.4 Å². The van der Waals surface area contributed by atoms with Gasteiger partial charge in [-0.2, -0.15) is 0 Å². The van der Waals surface area contributed by atoms with Gasteiger partial charge in [0.1, 0.15) is 11.9 Å². The predicted molar refractivity (Wildman–Crippen MR) is 161 cm³/mol. The van der Waals surface area contributed by atoms with Gasteiger partial charge in [-0.15, -0.1) is 22.7 Å². The van der Waals surface area contributed by atoms with Crippen molar-refractivity contribution in [1.82, 2.24) is 15.2 Å². The minimum absolute atomic E-state index is 0.161. The maximum atomic E-state index is 12.7. The second kappa shape index (κ2) is 11.5. The number of carbonyl (C=O) groups is 1. The molecule has 0 spiro atoms. The molecule has 2 aromatic heterocycles. The third kappa shape index (κ3) is 6.01. The van der Waals surface area contributed by atoms with Crippen LogP contribution in [0.1, 0.15) is 42.9 Å². The number of hydrogen-bond acceptors (Lipinski definition) is 8. The predicted octanol–water partition coefficient (Wildman–Crippen LogP) is 5.17. The third-order valence-corrected chi connectivity index (χ3v) is 8.44. The first-order chi connectivity index (χ1) is 18.7. The number of nitrogens with one attached hydrogen (secondary N) is 1. The fourth-order valence-electron chi connectivity index (χ4n) is 5.07. The lowest BCUT2D eigenvalue weighted by atomic mass is 9.99. The van der Waals surface area contributed by atoms with E-state index in [4.69, 9.17) is 6.42 Å². The Morgan fingerprint density at radius 2 is 1.82 bits per heavy atom. The molecule has 2 unspecified atom stereocenters. The number of amides is 1. The molecule has 0 saturated carbocycles. The Bertz CT molecular complexity index is 1450. The first kappa shape index (κ1) is 27.3. The van der Waals surface area contributed by atoms with Crippen LogP contribution in [0.4, 0.5) is 11.4 Å². The Morgan fingerprint density at radius 3 is 2.46 bits per heavy atom. The van der Waals surface area contributed by atoms with E-state index in [1.807, 2.05) is 24.3 Å². The minimum atomic E-state index is -0.709. The second-order valence-corrected chi connectivity index (χ2v) is 12.3. The Labute approximate surface area is 237 Å². The standard InChI is InChI=1S/C30H33N5O2S2/c1-5-35(29(37)25-19-38-20-31-25)22-12-10-21(11-13-22)33-14-16-34(17-15-33)27(28(36)32-30(2,3)4)24-18-39-26-9-7-6-8-23(24)26/h1,6-13,18-20,27-28,32,36H,14-17H2,2-4H3. The molecule has 1 fully saturated rings. The van der Waals surface area contributed by atoms with Gasteiger partial charge in [0.2, 0.25) is 0 Å². The highest BCUT2D eigenvalue weighted by Crippen LogP contribution is 2.36. The summed E-state index contributed by atoms with van der Waals surface area (Å²) in [5.41, 5.74) is 4.61. The molecule has 2 N–H and O–H groups in total. The van der Waals surface area contributed by atoms with Crippen LogP contribution < -0.4 is 15.1 Å². The maximum absolute atomic E-state index is 12.7. The molecule has 39 heavy (non-hydrogen) atoms. The van der Waals surface area contributed by atoms with E-state index in [1.165, 1.54) is 26.3 Å². The van der Waals surface area contributed by atoms with Gasteiger partial charge < -0.3 is 10.0 Å². The monoisotopic (exact) mass is 559 g/mol. The van der Waals surface area contributed by atoms with Gasteiger partial charge >= 0.3 is 0 Å². The van der Waals surface area contributed by atoms with Crippen LogP contribution in [-0.4, -0.2) is 58.8 Å². The fourth-order valence-corrected chi connectivity index (χ4v) is 6.59. The number of anilines is 2. The third-order valence-electron chi connectivity index (χ3n) is 6.87. The lowest BCUT2D eigenvalue weighted by Gasteiger charge is -2.43. The average molecular weight is 560 g/mol. The van der Waals surface area contributed by atoms with Crippen molar-refractivity contribution in [3.05, 3.63) is 76.1 Å². The van der Waals surface area contributed by atoms with Gasteiger partial charge in [-0.25, -0.2) is 9.88 Å². The Morgan fingerprint density at radius 1 is 1.10 bits per heavy atom. The molecule has 3 heterocycles. The van der Waals surface area contributed by atoms with E-state index in [2.05, 4.69) is 76.6 Å². The summed E-state index contributed by atoms with van der Waals surface area (Å²) in [6.07, 6.45) is 4.95. The van der Waals surface area contributed by atoms with Crippen LogP contribution >= 0.6 is 22.7 Å². The molecule has 0 bridgehead atoms. The number of aromatic nitrogens is 1. The highest BCUT2D eigenvalue weighted by molar-refractivity contribution is 7.17. The zero-order valence-corrected chi connectivity index (χ0v) is 24.0. The van der Waals surface area contributed by atoms with Crippen molar-refractivity contribution in [3.63, 3.8) is 0 Å². The highest BCUT2D eigenvalue weighted by Gasteiger charge is 2.34. The molecule has 1 aliphatic heterocycles. The molecule has 2 aromatic carbocycles. The number of rotatable bonds is 7. The van der Waals surface area contributed by atoms with Crippen LogP contribution in [0.15, 0.2) is 64.8 Å². The number of terminal acetylenes is 1. The summed E-state index contributed by atoms with van der Waals surface area (Å²) in [5, 5.41) is 19.9. The summed E-state index contributed by atoms with van der Waals surface area (Å²) in [6, 6.07) is 18.5. The SMILES string of the molecule is C#CN(C(=O)c1cscn1)c1ccc(N2CCN(C(c3csc4ccccc34)C(O)NC(C)(C)C)CC2)cc1. The van der Waals surface area contributed by atoms with Crippen molar-refractivity contribution < 1.29 is 9.90 Å². The smallest absolute Gasteiger partial charge is 0.289 e. The largest absolute Gasteiger partial charge is 0.377 e. The topological polar surface area (TPSA) is 71.9 Å². The first-order valence-corrected chi connectivity index (χ1v) is 14.8. The van der Waals surface area contributed by atoms with Crippen molar-refractivity contribution in [2.75, 3.05) is 36.0 Å². The molecule has 1 amide bonds. The molecule has 9 heteroatoms. The fraction of sp³-hybridized carbons (Fsp3) is 0.333. The van der Waals surface area contributed by atoms with Crippen LogP contribution in [0.5, 0.6) is 0 Å². The van der Waals surface area contributed by atoms with Crippen LogP contribution in [0.3, 0.4) is 0 Å². The number of fused-ring (bicyclic) bond motifs is 1. The first-order valence-electron chi connectivity index (χ1n) is 12.9. The molecule has 5 rings (SSSR count). The Hall–Kier alpha value is -3.26. The molecular weight excluding hydrogens is 526 g/mol. The van der Waals surface area contributed by atoms with E-state index in [-0.39, 0.29) is 17.5 Å². The molecule has 0 radical (unpaired) electrons. The van der Waals surface area contributed by atoms with Gasteiger partial charge in [-0.3, -0.25) is 15.0 Å². The van der Waals surface area contributed by atoms with Crippen molar-refractivity contribution >= 4 is 50.0 Å². The van der Waals surface area contributed by atoms with Gasteiger partial charge in [0.15, 0.2) is 0 Å². The summed E-state index contributed by atoms with van der Waals surface area (Å²) in [4.78, 5) is 22.8. The van der Waals surface area contributed by atoms with Gasteiger partial charge in [0.25, 0.3) is 5.91 Å². The zero-order chi connectivity index (χ0) is 27.6. The molecule has 2 atom stereocenters. The minimum Gasteiger partial charge on any atom is -0.377 e. The second-order valence-electron chi connectivity index (χ2n) is 10.7. The molecule has 1 aliphatic rings. The Balaban J connectivity index is 1.31. The highest BCUT2D eigenvalue weighted by atomic mass is 32.1. The lowest BCUT2D eigenvalue weighted by Crippen LogP contribution is -2.55. The average Bonchev–Trinajstić information content (AvgIpc) is 3.60. The van der Waals surface area contributed by atoms with E-state index in [9.17, 15) is 9.90 Å². The molecule has 0 aliphatic carbocycles. The molecule has 1 saturated heterocycles. The van der Waals surface area contributed by atoms with E-state index < -0.39 is 6.23 Å². The summed E-state index contributed by atoms with van der Waals surface area (Å²) in [5.74, 6) is -0.311. The number of thiazole rings is 1. The molecule has 202 valence electrons. The molecular formula is C30H33N5O2S2. The van der Waals surface area contributed by atoms with E-state index in [0.717, 1.165) is 37.4 Å². The maximum Gasteiger partial charge on any atom is 0.289 e. The number of thiophene rings is 1. The zero-order valence-electron chi connectivity index (χ0n) is 22.4. The number of hydrogen-bond donors (Lipinski definition) is 2. The van der Waals surface area contributed by atoms with Gasteiger partial charge in [0.05, 0.1) is 17.2 Å². The molecule has 4 aromatic rings. The number of benzene rings is 2. The number of carbonyl (C=O) groups excluding carboxylic acids is 1. The van der Waals surface area contributed by atoms with Gasteiger partial charge in [0, 0.05) is 53.5 Å². The van der Waals surface area contributed by atoms with Gasteiger partial charge in [-0.1, -0.05) is 24.6 Å². The summed E-state index contributed by atoms with van der Waals surface area (Å²) in [6.45, 7) is 9.47. The van der Waals surface area contributed by atoms with Crippen LogP contribution in [0.25, 0.3) is 10.1 Å². The lowest BCUT2D eigenvalue weighted by molar-refractivity contribution is 0.00746. The normalized spacial score (nSPS) is 16.1. The van der Waals surface area contributed by atoms with Crippen molar-refractivity contribution in [2.45, 2.75) is 38.6 Å². The van der Waals surface area contributed by atoms with Crippen molar-refractivity contribution in [1.29, 1.82) is 0 Å². The van der Waals surface area contributed by atoms with Crippen LogP contribution in [-0.2, 0) is 0 Å². The number of nitrogens with zero attached hydrogens (tertiary/aromatic N) is 4. The number of piperazine rings is 1. The van der Waals surface area contributed by atoms with Crippen molar-refractivity contribution in [2.24, 2.45) is 0 Å². The summed E-state index contributed by atoms with van der Waals surface area (Å²) >= 11 is 3.09. The number of aliphatic hydroxyl groups excluding tert-OH is 1.